The lowest BCUT2D eigenvalue weighted by molar-refractivity contribution is 0.00565. The summed E-state index contributed by atoms with van der Waals surface area (Å²) in [5.41, 5.74) is 13.8. The Morgan fingerprint density at radius 1 is 0.754 bits per heavy atom. The largest absolute Gasteiger partial charge is 0.389 e. The zero-order chi connectivity index (χ0) is 44.9. The molecule has 2 aromatic heterocycles. The average Bonchev–Trinajstić information content (AvgIpc) is 3.91. The Bertz CT molecular complexity index is 2030. The highest BCUT2D eigenvalue weighted by Crippen LogP contribution is 2.24. The predicted molar refractivity (Wildman–Crippen MR) is 235 cm³/mol. The van der Waals surface area contributed by atoms with Crippen LogP contribution in [-0.2, 0) is 13.1 Å². The summed E-state index contributed by atoms with van der Waals surface area (Å²) in [4.78, 5) is 53.5. The summed E-state index contributed by atoms with van der Waals surface area (Å²) in [6.07, 6.45) is 6.32. The fourth-order valence-electron chi connectivity index (χ4n) is 7.64. The van der Waals surface area contributed by atoms with E-state index in [1.807, 2.05) is 27.7 Å². The quantitative estimate of drug-likeness (QED) is 0.0959. The SMILES string of the molecule is Cc1cccc(CN(CC(C)(C)O)C2CCN(C(=O)Cl)CC2)c1.Cc1cccc(CN(CC(C)(C)O)C2CCN(C(=O)n3ccc(C(N)=O)n3)CC2)c1.NC(=O)c1ccn[nH]1. The summed E-state index contributed by atoms with van der Waals surface area (Å²) in [5.74, 6) is -1.14. The zero-order valence-corrected chi connectivity index (χ0v) is 37.0. The molecule has 2 saturated heterocycles. The van der Waals surface area contributed by atoms with E-state index < -0.39 is 23.0 Å². The summed E-state index contributed by atoms with van der Waals surface area (Å²) in [7, 11) is 0. The van der Waals surface area contributed by atoms with Gasteiger partial charge in [0.1, 0.15) is 5.69 Å². The number of rotatable bonds is 12. The van der Waals surface area contributed by atoms with Crippen molar-refractivity contribution in [3.05, 3.63) is 107 Å². The van der Waals surface area contributed by atoms with Crippen molar-refractivity contribution in [2.24, 2.45) is 11.5 Å². The van der Waals surface area contributed by atoms with E-state index in [-0.39, 0.29) is 23.1 Å². The molecule has 6 rings (SSSR count). The second-order valence-corrected chi connectivity index (χ2v) is 17.6. The van der Waals surface area contributed by atoms with Crippen LogP contribution in [0.4, 0.5) is 9.59 Å². The maximum absolute atomic E-state index is 12.7. The number of likely N-dealkylation sites (tertiary alicyclic amines) is 2. The molecule has 61 heavy (non-hydrogen) atoms. The molecule has 0 aliphatic carbocycles. The van der Waals surface area contributed by atoms with Gasteiger partial charge < -0.3 is 31.5 Å². The number of nitrogens with one attached hydrogen (secondary N) is 1. The van der Waals surface area contributed by atoms with Crippen LogP contribution in [0.1, 0.15) is 96.6 Å². The molecule has 4 aromatic rings. The number of aliphatic hydroxyl groups is 2. The van der Waals surface area contributed by atoms with Gasteiger partial charge in [-0.25, -0.2) is 4.79 Å². The smallest absolute Gasteiger partial charge is 0.344 e. The number of primary amides is 2. The second-order valence-electron chi connectivity index (χ2n) is 17.2. The molecule has 0 unspecified atom stereocenters. The molecule has 0 spiro atoms. The lowest BCUT2D eigenvalue weighted by Gasteiger charge is -2.40. The third-order valence-electron chi connectivity index (χ3n) is 10.4. The van der Waals surface area contributed by atoms with Gasteiger partial charge in [-0.2, -0.15) is 14.9 Å². The van der Waals surface area contributed by atoms with Crippen LogP contribution in [0.25, 0.3) is 0 Å². The van der Waals surface area contributed by atoms with Crippen molar-refractivity contribution in [1.82, 2.24) is 39.6 Å². The van der Waals surface area contributed by atoms with Crippen LogP contribution in [0.3, 0.4) is 0 Å². The molecule has 2 fully saturated rings. The van der Waals surface area contributed by atoms with E-state index in [9.17, 15) is 29.4 Å². The number of halogens is 1. The molecule has 16 nitrogen and oxygen atoms in total. The number of nitrogens with two attached hydrogens (primary N) is 2. The number of carbonyl (C=O) groups excluding carboxylic acids is 4. The molecule has 17 heteroatoms. The van der Waals surface area contributed by atoms with Gasteiger partial charge in [-0.15, -0.1) is 0 Å². The Morgan fingerprint density at radius 3 is 1.57 bits per heavy atom. The minimum absolute atomic E-state index is 0.0766. The second kappa shape index (κ2) is 22.1. The Hall–Kier alpha value is -5.13. The lowest BCUT2D eigenvalue weighted by Crippen LogP contribution is -2.50. The van der Waals surface area contributed by atoms with Gasteiger partial charge in [0.25, 0.3) is 11.8 Å². The number of hydrogen-bond acceptors (Lipinski definition) is 10. The number of aromatic nitrogens is 4. The van der Waals surface area contributed by atoms with E-state index in [0.29, 0.717) is 51.0 Å². The molecular formula is C44H63ClN10O6. The molecule has 2 aromatic carbocycles. The van der Waals surface area contributed by atoms with Crippen LogP contribution in [0.2, 0.25) is 0 Å². The number of nitrogens with zero attached hydrogens (tertiary/aromatic N) is 7. The van der Waals surface area contributed by atoms with E-state index in [1.165, 1.54) is 51.5 Å². The van der Waals surface area contributed by atoms with Crippen LogP contribution in [0, 0.1) is 13.8 Å². The van der Waals surface area contributed by atoms with Crippen LogP contribution >= 0.6 is 11.6 Å². The molecule has 0 bridgehead atoms. The Labute approximate surface area is 363 Å². The highest BCUT2D eigenvalue weighted by atomic mass is 35.5. The van der Waals surface area contributed by atoms with E-state index in [1.54, 1.807) is 9.80 Å². The van der Waals surface area contributed by atoms with Crippen molar-refractivity contribution in [3.8, 4) is 0 Å². The van der Waals surface area contributed by atoms with Gasteiger partial charge >= 0.3 is 11.4 Å². The molecule has 0 saturated carbocycles. The number of H-pyrrole nitrogens is 1. The number of piperidine rings is 2. The van der Waals surface area contributed by atoms with Crippen molar-refractivity contribution in [2.75, 3.05) is 39.3 Å². The molecule has 7 N–H and O–H groups in total. The van der Waals surface area contributed by atoms with Crippen LogP contribution < -0.4 is 11.5 Å². The number of amides is 4. The summed E-state index contributed by atoms with van der Waals surface area (Å²) >= 11 is 5.57. The fraction of sp³-hybridized carbons (Fsp3) is 0.500. The van der Waals surface area contributed by atoms with Crippen molar-refractivity contribution >= 4 is 34.8 Å². The first-order chi connectivity index (χ1) is 28.7. The average molecular weight is 864 g/mol. The predicted octanol–water partition coefficient (Wildman–Crippen LogP) is 4.90. The first-order valence-electron chi connectivity index (χ1n) is 20.6. The molecule has 2 aliphatic heterocycles. The summed E-state index contributed by atoms with van der Waals surface area (Å²) in [6.45, 7) is 16.8. The summed E-state index contributed by atoms with van der Waals surface area (Å²) in [5, 5.41) is 30.2. The number of carbonyl (C=O) groups is 4. The molecule has 4 heterocycles. The molecule has 0 radical (unpaired) electrons. The monoisotopic (exact) mass is 862 g/mol. The van der Waals surface area contributed by atoms with Crippen molar-refractivity contribution in [1.29, 1.82) is 0 Å². The molecular weight excluding hydrogens is 800 g/mol. The molecule has 4 amide bonds. The standard InChI is InChI=1S/C22H31N5O3.C18H27ClN2O2.C4H5N3O/c1-16-5-4-6-17(13-16)14-26(15-22(2,3)30)18-7-10-25(11-8-18)21(29)27-12-9-19(24-27)20(23)28;1-14-5-4-6-15(11-14)12-21(13-18(2,3)23)16-7-9-20(10-8-16)17(19)22;5-4(8)3-1-2-6-7-3/h4-6,9,12-13,18,30H,7-8,10-11,14-15H2,1-3H3,(H2,23,28);4-6,11,16,23H,7-10,12-13H2,1-3H3;1-2H,(H2,5,8)(H,6,7). The minimum Gasteiger partial charge on any atom is -0.389 e. The van der Waals surface area contributed by atoms with E-state index in [0.717, 1.165) is 38.8 Å². The van der Waals surface area contributed by atoms with Crippen LogP contribution in [0.15, 0.2) is 73.1 Å². The minimum atomic E-state index is -0.809. The van der Waals surface area contributed by atoms with Crippen LogP contribution in [0.5, 0.6) is 0 Å². The number of benzene rings is 2. The van der Waals surface area contributed by atoms with Gasteiger partial charge in [-0.3, -0.25) is 29.3 Å². The molecule has 332 valence electrons. The third-order valence-corrected chi connectivity index (χ3v) is 10.6. The fourth-order valence-corrected chi connectivity index (χ4v) is 7.81. The molecule has 2 aliphatic rings. The van der Waals surface area contributed by atoms with Gasteiger partial charge in [0.2, 0.25) is 0 Å². The maximum Gasteiger partial charge on any atom is 0.344 e. The summed E-state index contributed by atoms with van der Waals surface area (Å²) < 4.78 is 1.17. The Morgan fingerprint density at radius 2 is 1.23 bits per heavy atom. The first-order valence-corrected chi connectivity index (χ1v) is 21.0. The first kappa shape index (κ1) is 48.5. The summed E-state index contributed by atoms with van der Waals surface area (Å²) in [6, 6.07) is 20.2. The zero-order valence-electron chi connectivity index (χ0n) is 36.3. The van der Waals surface area contributed by atoms with E-state index in [2.05, 4.69) is 87.5 Å². The number of aromatic amines is 1. The van der Waals surface area contributed by atoms with Gasteiger partial charge in [-0.05, 0) is 102 Å². The highest BCUT2D eigenvalue weighted by Gasteiger charge is 2.32. The third kappa shape index (κ3) is 16.3. The van der Waals surface area contributed by atoms with Crippen molar-refractivity contribution < 1.29 is 29.4 Å². The lowest BCUT2D eigenvalue weighted by atomic mass is 9.99. The van der Waals surface area contributed by atoms with E-state index >= 15 is 0 Å². The normalized spacial score (nSPS) is 15.2. The van der Waals surface area contributed by atoms with Crippen molar-refractivity contribution in [2.45, 2.75) is 104 Å². The van der Waals surface area contributed by atoms with E-state index in [4.69, 9.17) is 23.1 Å². The van der Waals surface area contributed by atoms with Gasteiger partial charge in [0.15, 0.2) is 5.69 Å². The number of hydrogen-bond donors (Lipinski definition) is 5. The van der Waals surface area contributed by atoms with Crippen molar-refractivity contribution in [3.63, 3.8) is 0 Å². The number of aryl methyl sites for hydroxylation is 2. The molecule has 0 atom stereocenters. The Balaban J connectivity index is 0.000000232. The topological polar surface area (TPSA) is 220 Å². The van der Waals surface area contributed by atoms with Crippen LogP contribution in [-0.4, -0.2) is 136 Å². The Kier molecular flexibility index (Phi) is 17.6. The highest BCUT2D eigenvalue weighted by molar-refractivity contribution is 6.62. The van der Waals surface area contributed by atoms with Gasteiger partial charge in [-0.1, -0.05) is 59.7 Å². The maximum atomic E-state index is 12.7. The van der Waals surface area contributed by atoms with Gasteiger partial charge in [0.05, 0.1) is 11.2 Å². The van der Waals surface area contributed by atoms with Gasteiger partial charge in [0, 0.05) is 76.8 Å².